The summed E-state index contributed by atoms with van der Waals surface area (Å²) >= 11 is 5.40. The molecule has 0 heterocycles. The fourth-order valence-electron chi connectivity index (χ4n) is 4.32. The molecule has 3 atom stereocenters. The minimum absolute atomic E-state index is 0.338. The molecule has 1 N–H and O–H groups in total. The molecule has 0 amide bonds. The number of benzene rings is 2. The van der Waals surface area contributed by atoms with Crippen LogP contribution in [-0.4, -0.2) is 17.3 Å². The number of hydrogen-bond donors (Lipinski definition) is 1. The van der Waals surface area contributed by atoms with Gasteiger partial charge in [0.05, 0.1) is 12.0 Å². The van der Waals surface area contributed by atoms with Gasteiger partial charge >= 0.3 is 12.1 Å². The Hall–Kier alpha value is -2.98. The third-order valence-corrected chi connectivity index (χ3v) is 6.28. The van der Waals surface area contributed by atoms with Gasteiger partial charge in [0.2, 0.25) is 0 Å². The van der Waals surface area contributed by atoms with Crippen LogP contribution in [0.25, 0.3) is 0 Å². The molecule has 0 aromatic heterocycles. The van der Waals surface area contributed by atoms with E-state index in [1.165, 1.54) is 19.9 Å². The van der Waals surface area contributed by atoms with Gasteiger partial charge in [-0.05, 0) is 35.2 Å². The number of para-hydroxylation sites is 1. The van der Waals surface area contributed by atoms with Crippen molar-refractivity contribution in [2.75, 3.05) is 0 Å². The van der Waals surface area contributed by atoms with E-state index in [2.05, 4.69) is 0 Å². The van der Waals surface area contributed by atoms with Crippen molar-refractivity contribution in [2.45, 2.75) is 25.9 Å². The fourth-order valence-corrected chi connectivity index (χ4v) is 4.45. The summed E-state index contributed by atoms with van der Waals surface area (Å²) in [7, 11) is 0. The molecule has 8 heteroatoms. The van der Waals surface area contributed by atoms with E-state index >= 15 is 0 Å². The van der Waals surface area contributed by atoms with Gasteiger partial charge in [-0.3, -0.25) is 4.79 Å². The smallest absolute Gasteiger partial charge is 0.426 e. The molecule has 1 saturated carbocycles. The Morgan fingerprint density at radius 2 is 1.81 bits per heavy atom. The summed E-state index contributed by atoms with van der Waals surface area (Å²) in [4.78, 5) is 12.4. The fraction of sp³-hybridized carbons (Fsp3) is 0.304. The number of hydrogen-bond acceptors (Lipinski definition) is 3. The van der Waals surface area contributed by atoms with E-state index < -0.39 is 39.8 Å². The van der Waals surface area contributed by atoms with Gasteiger partial charge in [-0.15, -0.1) is 0 Å². The van der Waals surface area contributed by atoms with E-state index in [-0.39, 0.29) is 0 Å². The molecule has 0 aliphatic heterocycles. The van der Waals surface area contributed by atoms with Gasteiger partial charge < -0.3 is 9.84 Å². The Labute approximate surface area is 182 Å². The predicted molar refractivity (Wildman–Crippen MR) is 109 cm³/mol. The first-order chi connectivity index (χ1) is 14.5. The van der Waals surface area contributed by atoms with Gasteiger partial charge in [-0.25, -0.2) is 0 Å². The molecule has 0 unspecified atom stereocenters. The van der Waals surface area contributed by atoms with Crippen molar-refractivity contribution in [1.82, 2.24) is 0 Å². The zero-order valence-electron chi connectivity index (χ0n) is 16.7. The van der Waals surface area contributed by atoms with Crippen molar-refractivity contribution in [1.29, 1.82) is 5.26 Å². The standard InChI is InChI=1S/C23H19ClF3NO3/c1-21(2)18(12-19(24)23(25,26)27)22(21,20(29)30)17(13-28)14-7-6-10-16(11-14)31-15-8-4-3-5-9-15/h3-12,17-18H,1-2H3,(H,29,30)/b19-12+/t17-,18+,22+/m0/s1. The topological polar surface area (TPSA) is 70.3 Å². The molecular formula is C23H19ClF3NO3. The van der Waals surface area contributed by atoms with E-state index in [4.69, 9.17) is 16.3 Å². The number of nitrogens with zero attached hydrogens (tertiary/aromatic N) is 1. The molecule has 0 saturated heterocycles. The summed E-state index contributed by atoms with van der Waals surface area (Å²) in [6, 6.07) is 17.2. The summed E-state index contributed by atoms with van der Waals surface area (Å²) in [5, 5.41) is 18.6. The zero-order valence-corrected chi connectivity index (χ0v) is 17.4. The second-order valence-corrected chi connectivity index (χ2v) is 8.34. The maximum Gasteiger partial charge on any atom is 0.426 e. The van der Waals surface area contributed by atoms with Crippen LogP contribution in [0.4, 0.5) is 13.2 Å². The number of carboxylic acid groups (broad SMARTS) is 1. The second kappa shape index (κ2) is 7.93. The summed E-state index contributed by atoms with van der Waals surface area (Å²) in [6.45, 7) is 3.05. The summed E-state index contributed by atoms with van der Waals surface area (Å²) in [6.07, 6.45) is -4.08. The number of allylic oxidation sites excluding steroid dienone is 2. The van der Waals surface area contributed by atoms with Crippen LogP contribution in [0.3, 0.4) is 0 Å². The number of halogens is 4. The number of ether oxygens (including phenoxy) is 1. The quantitative estimate of drug-likeness (QED) is 0.546. The normalized spacial score (nSPS) is 23.5. The number of nitriles is 1. The zero-order chi connectivity index (χ0) is 23.0. The van der Waals surface area contributed by atoms with Crippen molar-refractivity contribution in [3.63, 3.8) is 0 Å². The molecule has 1 fully saturated rings. The number of aliphatic carboxylic acids is 1. The van der Waals surface area contributed by atoms with E-state index in [9.17, 15) is 28.3 Å². The van der Waals surface area contributed by atoms with Gasteiger partial charge in [-0.1, -0.05) is 61.9 Å². The Kier molecular flexibility index (Phi) is 5.81. The summed E-state index contributed by atoms with van der Waals surface area (Å²) in [5.74, 6) is -2.74. The molecule has 162 valence electrons. The van der Waals surface area contributed by atoms with Crippen molar-refractivity contribution in [3.05, 3.63) is 71.3 Å². The van der Waals surface area contributed by atoms with E-state index in [1.807, 2.05) is 12.1 Å². The largest absolute Gasteiger partial charge is 0.481 e. The Bertz CT molecular complexity index is 1060. The lowest BCUT2D eigenvalue weighted by atomic mass is 9.78. The molecule has 1 aliphatic carbocycles. The third kappa shape index (κ3) is 3.88. The summed E-state index contributed by atoms with van der Waals surface area (Å²) < 4.78 is 44.7. The van der Waals surface area contributed by atoms with Gasteiger partial charge in [-0.2, -0.15) is 18.4 Å². The van der Waals surface area contributed by atoms with Crippen LogP contribution in [0.5, 0.6) is 11.5 Å². The molecule has 1 aliphatic rings. The average molecular weight is 450 g/mol. The van der Waals surface area contributed by atoms with Crippen LogP contribution < -0.4 is 4.74 Å². The Morgan fingerprint density at radius 1 is 1.19 bits per heavy atom. The van der Waals surface area contributed by atoms with Crippen LogP contribution >= 0.6 is 11.6 Å². The van der Waals surface area contributed by atoms with E-state index in [0.29, 0.717) is 23.1 Å². The molecule has 0 bridgehead atoms. The van der Waals surface area contributed by atoms with Crippen LogP contribution in [-0.2, 0) is 4.79 Å². The van der Waals surface area contributed by atoms with Gasteiger partial charge in [0.25, 0.3) is 0 Å². The van der Waals surface area contributed by atoms with E-state index in [0.717, 1.165) is 0 Å². The highest BCUT2D eigenvalue weighted by molar-refractivity contribution is 6.30. The van der Waals surface area contributed by atoms with Crippen molar-refractivity contribution < 1.29 is 27.8 Å². The highest BCUT2D eigenvalue weighted by Gasteiger charge is 2.78. The Balaban J connectivity index is 2.03. The first-order valence-corrected chi connectivity index (χ1v) is 9.74. The predicted octanol–water partition coefficient (Wildman–Crippen LogP) is 6.50. The first kappa shape index (κ1) is 22.7. The highest BCUT2D eigenvalue weighted by Crippen LogP contribution is 2.75. The molecule has 4 nitrogen and oxygen atoms in total. The summed E-state index contributed by atoms with van der Waals surface area (Å²) in [5.41, 5.74) is -2.58. The molecule has 2 aromatic rings. The molecule has 2 aromatic carbocycles. The SMILES string of the molecule is CC1(C)[C@@H](/C=C(/Cl)C(F)(F)F)[C@@]1(C(=O)O)[C@@H](C#N)c1cccc(Oc2ccccc2)c1. The van der Waals surface area contributed by atoms with Crippen LogP contribution in [0.15, 0.2) is 65.7 Å². The number of carboxylic acids is 1. The van der Waals surface area contributed by atoms with Crippen LogP contribution in [0.2, 0.25) is 0 Å². The molecule has 0 spiro atoms. The number of rotatable bonds is 6. The van der Waals surface area contributed by atoms with Gasteiger partial charge in [0, 0.05) is 5.92 Å². The molecule has 31 heavy (non-hydrogen) atoms. The monoisotopic (exact) mass is 449 g/mol. The molecule has 0 radical (unpaired) electrons. The number of alkyl halides is 3. The lowest BCUT2D eigenvalue weighted by Crippen LogP contribution is -2.29. The second-order valence-electron chi connectivity index (χ2n) is 7.94. The van der Waals surface area contributed by atoms with Gasteiger partial charge in [0.15, 0.2) is 0 Å². The highest BCUT2D eigenvalue weighted by atomic mass is 35.5. The van der Waals surface area contributed by atoms with Gasteiger partial charge in [0.1, 0.15) is 21.9 Å². The van der Waals surface area contributed by atoms with Crippen LogP contribution in [0, 0.1) is 28.1 Å². The maximum atomic E-state index is 13.0. The first-order valence-electron chi connectivity index (χ1n) is 9.36. The molecule has 3 rings (SSSR count). The lowest BCUT2D eigenvalue weighted by molar-refractivity contribution is -0.145. The van der Waals surface area contributed by atoms with E-state index in [1.54, 1.807) is 42.5 Å². The average Bonchev–Trinajstić information content (AvgIpc) is 3.18. The minimum atomic E-state index is -4.80. The van der Waals surface area contributed by atoms with Crippen molar-refractivity contribution >= 4 is 17.6 Å². The van der Waals surface area contributed by atoms with Crippen molar-refractivity contribution in [3.8, 4) is 17.6 Å². The Morgan fingerprint density at radius 3 is 2.35 bits per heavy atom. The number of carbonyl (C=O) groups is 1. The maximum absolute atomic E-state index is 13.0. The third-order valence-electron chi connectivity index (χ3n) is 5.94. The molecular weight excluding hydrogens is 431 g/mol. The van der Waals surface area contributed by atoms with Crippen LogP contribution in [0.1, 0.15) is 25.3 Å². The minimum Gasteiger partial charge on any atom is -0.481 e. The lowest BCUT2D eigenvalue weighted by Gasteiger charge is -2.22. The van der Waals surface area contributed by atoms with Crippen molar-refractivity contribution in [2.24, 2.45) is 16.7 Å².